The van der Waals surface area contributed by atoms with Gasteiger partial charge in [0.25, 0.3) is 0 Å². The molecule has 1 aromatic carbocycles. The first-order chi connectivity index (χ1) is 9.17. The van der Waals surface area contributed by atoms with Gasteiger partial charge in [-0.25, -0.2) is 4.79 Å². The zero-order valence-electron chi connectivity index (χ0n) is 10.5. The molecule has 0 radical (unpaired) electrons. The number of rotatable bonds is 3. The Kier molecular flexibility index (Phi) is 3.67. The molecule has 0 aromatic heterocycles. The summed E-state index contributed by atoms with van der Waals surface area (Å²) < 4.78 is 10.1. The predicted octanol–water partition coefficient (Wildman–Crippen LogP) is 2.31. The van der Waals surface area contributed by atoms with E-state index in [1.807, 2.05) is 36.4 Å². The van der Waals surface area contributed by atoms with E-state index in [-0.39, 0.29) is 17.3 Å². The second-order valence-electron chi connectivity index (χ2n) is 4.13. The summed E-state index contributed by atoms with van der Waals surface area (Å²) in [7, 11) is 1.29. The van der Waals surface area contributed by atoms with Crippen molar-refractivity contribution < 1.29 is 14.3 Å². The van der Waals surface area contributed by atoms with Crippen LogP contribution >= 0.6 is 0 Å². The Morgan fingerprint density at radius 2 is 2.11 bits per heavy atom. The standard InChI is InChI=1S/C15H13NO3/c1-10(9-16)14-12(11-6-4-3-5-7-11)8-13(19-14)15(17)18-2/h3-8,12,14H,1H2,2H3/t12-,14-/m1/s1. The van der Waals surface area contributed by atoms with Gasteiger partial charge in [-0.05, 0) is 11.6 Å². The number of esters is 1. The minimum atomic E-state index is -0.554. The van der Waals surface area contributed by atoms with Gasteiger partial charge in [-0.1, -0.05) is 36.9 Å². The molecule has 1 heterocycles. The maximum Gasteiger partial charge on any atom is 0.373 e. The lowest BCUT2D eigenvalue weighted by atomic mass is 9.91. The van der Waals surface area contributed by atoms with E-state index < -0.39 is 12.1 Å². The van der Waals surface area contributed by atoms with Crippen molar-refractivity contribution in [3.05, 3.63) is 59.9 Å². The largest absolute Gasteiger partial charge is 0.477 e. The van der Waals surface area contributed by atoms with E-state index in [0.717, 1.165) is 5.56 Å². The molecule has 1 aromatic rings. The highest BCUT2D eigenvalue weighted by molar-refractivity contribution is 5.87. The number of benzene rings is 1. The van der Waals surface area contributed by atoms with Crippen LogP contribution in [0.2, 0.25) is 0 Å². The molecule has 0 aliphatic carbocycles. The Bertz CT molecular complexity index is 569. The van der Waals surface area contributed by atoms with Crippen molar-refractivity contribution in [1.82, 2.24) is 0 Å². The molecule has 0 unspecified atom stereocenters. The van der Waals surface area contributed by atoms with Crippen LogP contribution in [0.15, 0.2) is 54.3 Å². The highest BCUT2D eigenvalue weighted by atomic mass is 16.6. The van der Waals surface area contributed by atoms with Crippen LogP contribution in [-0.4, -0.2) is 19.2 Å². The minimum absolute atomic E-state index is 0.123. The number of ether oxygens (including phenoxy) is 2. The van der Waals surface area contributed by atoms with Crippen LogP contribution in [0.1, 0.15) is 11.5 Å². The predicted molar refractivity (Wildman–Crippen MR) is 68.9 cm³/mol. The van der Waals surface area contributed by atoms with Gasteiger partial charge in [0.15, 0.2) is 0 Å². The molecule has 0 spiro atoms. The van der Waals surface area contributed by atoms with Crippen LogP contribution in [0.5, 0.6) is 0 Å². The number of methoxy groups -OCH3 is 1. The molecule has 2 rings (SSSR count). The number of nitriles is 1. The maximum absolute atomic E-state index is 11.5. The summed E-state index contributed by atoms with van der Waals surface area (Å²) in [5.74, 6) is -0.630. The lowest BCUT2D eigenvalue weighted by Crippen LogP contribution is -2.18. The van der Waals surface area contributed by atoms with Gasteiger partial charge in [-0.3, -0.25) is 0 Å². The zero-order chi connectivity index (χ0) is 13.8. The number of carbonyl (C=O) groups is 1. The molecule has 1 aliphatic heterocycles. The second-order valence-corrected chi connectivity index (χ2v) is 4.13. The average molecular weight is 255 g/mol. The van der Waals surface area contributed by atoms with Crippen molar-refractivity contribution in [1.29, 1.82) is 5.26 Å². The minimum Gasteiger partial charge on any atom is -0.477 e. The van der Waals surface area contributed by atoms with E-state index in [4.69, 9.17) is 10.00 Å². The number of carbonyl (C=O) groups excluding carboxylic acids is 1. The number of hydrogen-bond donors (Lipinski definition) is 0. The third-order valence-electron chi connectivity index (χ3n) is 2.97. The summed E-state index contributed by atoms with van der Waals surface area (Å²) in [5.41, 5.74) is 1.24. The molecule has 96 valence electrons. The Morgan fingerprint density at radius 3 is 2.68 bits per heavy atom. The fourth-order valence-corrected chi connectivity index (χ4v) is 2.01. The fourth-order valence-electron chi connectivity index (χ4n) is 2.01. The smallest absolute Gasteiger partial charge is 0.373 e. The highest BCUT2D eigenvalue weighted by Crippen LogP contribution is 2.35. The molecular weight excluding hydrogens is 242 g/mol. The quantitative estimate of drug-likeness (QED) is 0.614. The van der Waals surface area contributed by atoms with Crippen LogP contribution < -0.4 is 0 Å². The monoisotopic (exact) mass is 255 g/mol. The molecule has 1 aliphatic rings. The molecule has 0 amide bonds. The first kappa shape index (κ1) is 12.9. The second kappa shape index (κ2) is 5.40. The molecule has 4 nitrogen and oxygen atoms in total. The van der Waals surface area contributed by atoms with E-state index in [9.17, 15) is 4.79 Å². The molecule has 2 atom stereocenters. The topological polar surface area (TPSA) is 59.3 Å². The third kappa shape index (κ3) is 2.50. The molecule has 0 bridgehead atoms. The Balaban J connectivity index is 2.36. The molecule has 0 fully saturated rings. The first-order valence-corrected chi connectivity index (χ1v) is 5.78. The van der Waals surface area contributed by atoms with Gasteiger partial charge in [0, 0.05) is 5.92 Å². The highest BCUT2D eigenvalue weighted by Gasteiger charge is 2.35. The summed E-state index contributed by atoms with van der Waals surface area (Å²) in [5, 5.41) is 8.97. The van der Waals surface area contributed by atoms with Gasteiger partial charge < -0.3 is 9.47 Å². The van der Waals surface area contributed by atoms with Gasteiger partial charge >= 0.3 is 5.97 Å². The lowest BCUT2D eigenvalue weighted by molar-refractivity contribution is -0.140. The average Bonchev–Trinajstić information content (AvgIpc) is 2.91. The summed E-state index contributed by atoms with van der Waals surface area (Å²) >= 11 is 0. The fraction of sp³-hybridized carbons (Fsp3) is 0.200. The third-order valence-corrected chi connectivity index (χ3v) is 2.97. The Morgan fingerprint density at radius 1 is 1.42 bits per heavy atom. The molecule has 19 heavy (non-hydrogen) atoms. The molecule has 0 N–H and O–H groups in total. The van der Waals surface area contributed by atoms with Crippen molar-refractivity contribution in [2.45, 2.75) is 12.0 Å². The summed E-state index contributed by atoms with van der Waals surface area (Å²) in [6, 6.07) is 11.5. The van der Waals surface area contributed by atoms with Crippen LogP contribution in [-0.2, 0) is 14.3 Å². The van der Waals surface area contributed by atoms with Gasteiger partial charge in [0.05, 0.1) is 18.8 Å². The molecule has 0 saturated carbocycles. The van der Waals surface area contributed by atoms with E-state index in [1.165, 1.54) is 7.11 Å². The Hall–Kier alpha value is -2.54. The summed E-state index contributed by atoms with van der Waals surface area (Å²) in [6.45, 7) is 3.68. The van der Waals surface area contributed by atoms with Crippen molar-refractivity contribution in [3.63, 3.8) is 0 Å². The van der Waals surface area contributed by atoms with Gasteiger partial charge in [0.2, 0.25) is 5.76 Å². The van der Waals surface area contributed by atoms with Gasteiger partial charge in [0.1, 0.15) is 6.10 Å². The first-order valence-electron chi connectivity index (χ1n) is 5.78. The SMILES string of the molecule is C=C(C#N)[C@H]1OC(C(=O)OC)=C[C@@H]1c1ccccc1. The van der Waals surface area contributed by atoms with Crippen LogP contribution in [0.25, 0.3) is 0 Å². The van der Waals surface area contributed by atoms with Crippen molar-refractivity contribution in [2.24, 2.45) is 0 Å². The molecular formula is C15H13NO3. The maximum atomic E-state index is 11.5. The van der Waals surface area contributed by atoms with Crippen molar-refractivity contribution >= 4 is 5.97 Å². The molecule has 0 saturated heterocycles. The van der Waals surface area contributed by atoms with Gasteiger partial charge in [-0.2, -0.15) is 5.26 Å². The van der Waals surface area contributed by atoms with Crippen molar-refractivity contribution in [2.75, 3.05) is 7.11 Å². The Labute approximate surface area is 111 Å². The van der Waals surface area contributed by atoms with Gasteiger partial charge in [-0.15, -0.1) is 0 Å². The zero-order valence-corrected chi connectivity index (χ0v) is 10.5. The molecule has 4 heteroatoms. The van der Waals surface area contributed by atoms with Crippen LogP contribution in [0.4, 0.5) is 0 Å². The van der Waals surface area contributed by atoms with E-state index in [2.05, 4.69) is 11.3 Å². The van der Waals surface area contributed by atoms with Crippen molar-refractivity contribution in [3.8, 4) is 6.07 Å². The van der Waals surface area contributed by atoms with Crippen LogP contribution in [0.3, 0.4) is 0 Å². The summed E-state index contributed by atoms with van der Waals surface area (Å²) in [4.78, 5) is 11.5. The lowest BCUT2D eigenvalue weighted by Gasteiger charge is -2.17. The van der Waals surface area contributed by atoms with E-state index in [1.54, 1.807) is 6.08 Å². The number of hydrogen-bond acceptors (Lipinski definition) is 4. The van der Waals surface area contributed by atoms with E-state index in [0.29, 0.717) is 0 Å². The summed E-state index contributed by atoms with van der Waals surface area (Å²) in [6.07, 6.45) is 1.12. The number of nitrogens with zero attached hydrogens (tertiary/aromatic N) is 1. The van der Waals surface area contributed by atoms with E-state index >= 15 is 0 Å². The van der Waals surface area contributed by atoms with Crippen LogP contribution in [0, 0.1) is 11.3 Å². The normalized spacial score (nSPS) is 20.9.